The Kier molecular flexibility index (Phi) is 8.34. The van der Waals surface area contributed by atoms with Gasteiger partial charge in [-0.3, -0.25) is 9.10 Å². The topological polar surface area (TPSA) is 66.5 Å². The summed E-state index contributed by atoms with van der Waals surface area (Å²) < 4.78 is 51.7. The fourth-order valence-electron chi connectivity index (χ4n) is 3.20. The van der Waals surface area contributed by atoms with Gasteiger partial charge in [-0.05, 0) is 48.1 Å². The molecule has 5 nitrogen and oxygen atoms in total. The van der Waals surface area contributed by atoms with Gasteiger partial charge < -0.3 is 5.32 Å². The number of rotatable bonds is 10. The number of amides is 1. The van der Waals surface area contributed by atoms with Crippen LogP contribution in [0.15, 0.2) is 36.4 Å². The highest BCUT2D eigenvalue weighted by Crippen LogP contribution is 2.21. The second-order valence-electron chi connectivity index (χ2n) is 7.12. The molecule has 2 aromatic carbocycles. The summed E-state index contributed by atoms with van der Waals surface area (Å²) in [5.74, 6) is -2.37. The lowest BCUT2D eigenvalue weighted by Gasteiger charge is -2.22. The summed E-state index contributed by atoms with van der Waals surface area (Å²) in [6.07, 6.45) is 3.13. The van der Waals surface area contributed by atoms with Crippen LogP contribution in [0.2, 0.25) is 0 Å². The van der Waals surface area contributed by atoms with Gasteiger partial charge in [0, 0.05) is 25.6 Å². The number of nitrogens with one attached hydrogen (secondary N) is 1. The molecule has 0 aromatic heterocycles. The molecule has 1 N–H and O–H groups in total. The molecule has 30 heavy (non-hydrogen) atoms. The van der Waals surface area contributed by atoms with Crippen molar-refractivity contribution in [2.75, 3.05) is 17.1 Å². The predicted octanol–water partition coefficient (Wildman–Crippen LogP) is 3.95. The molecule has 0 saturated heterocycles. The minimum absolute atomic E-state index is 0.0111. The van der Waals surface area contributed by atoms with Crippen LogP contribution < -0.4 is 9.62 Å². The average molecular weight is 439 g/mol. The van der Waals surface area contributed by atoms with E-state index >= 15 is 0 Å². The highest BCUT2D eigenvalue weighted by Gasteiger charge is 2.19. The van der Waals surface area contributed by atoms with Crippen LogP contribution in [0.1, 0.15) is 43.4 Å². The van der Waals surface area contributed by atoms with Crippen molar-refractivity contribution in [1.29, 1.82) is 0 Å². The first-order valence-electron chi connectivity index (χ1n) is 9.95. The summed E-state index contributed by atoms with van der Waals surface area (Å²) in [4.78, 5) is 12.2. The molecule has 0 heterocycles. The van der Waals surface area contributed by atoms with Gasteiger partial charge >= 0.3 is 0 Å². The molecule has 0 aliphatic rings. The zero-order chi connectivity index (χ0) is 22.3. The summed E-state index contributed by atoms with van der Waals surface area (Å²) in [6, 6.07) is 9.17. The van der Waals surface area contributed by atoms with Gasteiger partial charge in [0.2, 0.25) is 15.9 Å². The second kappa shape index (κ2) is 10.5. The zero-order valence-corrected chi connectivity index (χ0v) is 18.4. The number of halogens is 2. The van der Waals surface area contributed by atoms with Crippen LogP contribution in [-0.2, 0) is 34.2 Å². The fourth-order valence-corrected chi connectivity index (χ4v) is 4.16. The van der Waals surface area contributed by atoms with Crippen molar-refractivity contribution in [3.8, 4) is 0 Å². The first-order valence-corrected chi connectivity index (χ1v) is 11.8. The van der Waals surface area contributed by atoms with Gasteiger partial charge in [-0.1, -0.05) is 32.0 Å². The number of carbonyl (C=O) groups excluding carboxylic acids is 1. The van der Waals surface area contributed by atoms with Gasteiger partial charge in [-0.25, -0.2) is 17.2 Å². The molecule has 0 fully saturated rings. The Balaban J connectivity index is 1.95. The molecule has 1 amide bonds. The van der Waals surface area contributed by atoms with Crippen molar-refractivity contribution in [2.24, 2.45) is 0 Å². The van der Waals surface area contributed by atoms with Crippen molar-refractivity contribution >= 4 is 21.6 Å². The van der Waals surface area contributed by atoms with E-state index in [1.807, 2.05) is 0 Å². The largest absolute Gasteiger partial charge is 0.352 e. The molecule has 8 heteroatoms. The summed E-state index contributed by atoms with van der Waals surface area (Å²) in [5, 5.41) is 2.88. The molecule has 164 valence electrons. The lowest BCUT2D eigenvalue weighted by molar-refractivity contribution is -0.121. The Labute approximate surface area is 177 Å². The SMILES string of the molecule is CCc1ccc(CC)c(CNC(=O)CCCN(c2ccc(F)c(F)c2)S(C)(=O)=O)c1. The van der Waals surface area contributed by atoms with E-state index < -0.39 is 21.7 Å². The van der Waals surface area contributed by atoms with Crippen LogP contribution in [0.25, 0.3) is 0 Å². The Morgan fingerprint density at radius 3 is 2.33 bits per heavy atom. The number of carbonyl (C=O) groups is 1. The van der Waals surface area contributed by atoms with Gasteiger partial charge in [-0.15, -0.1) is 0 Å². The normalized spacial score (nSPS) is 11.4. The number of nitrogens with zero attached hydrogens (tertiary/aromatic N) is 1. The molecule has 0 bridgehead atoms. The molecule has 0 aliphatic heterocycles. The van der Waals surface area contributed by atoms with Crippen LogP contribution >= 0.6 is 0 Å². The number of sulfonamides is 1. The van der Waals surface area contributed by atoms with Crippen LogP contribution in [-0.4, -0.2) is 27.1 Å². The number of hydrogen-bond acceptors (Lipinski definition) is 3. The van der Waals surface area contributed by atoms with E-state index in [4.69, 9.17) is 0 Å². The number of benzene rings is 2. The van der Waals surface area contributed by atoms with E-state index in [0.717, 1.165) is 41.1 Å². The third-order valence-electron chi connectivity index (χ3n) is 4.89. The third kappa shape index (κ3) is 6.52. The first kappa shape index (κ1) is 23.8. The van der Waals surface area contributed by atoms with Crippen molar-refractivity contribution in [3.63, 3.8) is 0 Å². The van der Waals surface area contributed by atoms with Gasteiger partial charge in [-0.2, -0.15) is 0 Å². The van der Waals surface area contributed by atoms with Crippen LogP contribution in [0.4, 0.5) is 14.5 Å². The standard InChI is InChI=1S/C22H28F2N2O3S/c1-4-16-8-9-17(5-2)18(13-16)15-25-22(27)7-6-12-26(30(3,28)29)19-10-11-20(23)21(24)14-19/h8-11,13-14H,4-7,12,15H2,1-3H3,(H,25,27). The van der Waals surface area contributed by atoms with Crippen molar-refractivity contribution in [2.45, 2.75) is 46.1 Å². The molecule has 0 aliphatic carbocycles. The Morgan fingerprint density at radius 1 is 1.00 bits per heavy atom. The Hall–Kier alpha value is -2.48. The molecular formula is C22H28F2N2O3S. The average Bonchev–Trinajstić information content (AvgIpc) is 2.70. The van der Waals surface area contributed by atoms with Crippen molar-refractivity contribution < 1.29 is 22.0 Å². The van der Waals surface area contributed by atoms with E-state index in [1.165, 1.54) is 17.2 Å². The summed E-state index contributed by atoms with van der Waals surface area (Å²) in [5.41, 5.74) is 3.48. The van der Waals surface area contributed by atoms with E-state index in [-0.39, 0.29) is 31.0 Å². The summed E-state index contributed by atoms with van der Waals surface area (Å²) in [7, 11) is -3.70. The van der Waals surface area contributed by atoms with Crippen LogP contribution in [0.3, 0.4) is 0 Å². The molecule has 0 spiro atoms. The Morgan fingerprint density at radius 2 is 1.73 bits per heavy atom. The zero-order valence-electron chi connectivity index (χ0n) is 17.5. The van der Waals surface area contributed by atoms with Gasteiger partial charge in [0.25, 0.3) is 0 Å². The highest BCUT2D eigenvalue weighted by atomic mass is 32.2. The van der Waals surface area contributed by atoms with E-state index in [9.17, 15) is 22.0 Å². The third-order valence-corrected chi connectivity index (χ3v) is 6.09. The quantitative estimate of drug-likeness (QED) is 0.611. The minimum atomic E-state index is -3.70. The summed E-state index contributed by atoms with van der Waals surface area (Å²) >= 11 is 0. The maximum atomic E-state index is 13.5. The van der Waals surface area contributed by atoms with Crippen molar-refractivity contribution in [3.05, 3.63) is 64.7 Å². The van der Waals surface area contributed by atoms with Crippen LogP contribution in [0, 0.1) is 11.6 Å². The lowest BCUT2D eigenvalue weighted by Crippen LogP contribution is -2.32. The molecule has 2 rings (SSSR count). The number of anilines is 1. The maximum Gasteiger partial charge on any atom is 0.232 e. The lowest BCUT2D eigenvalue weighted by atomic mass is 10.0. The highest BCUT2D eigenvalue weighted by molar-refractivity contribution is 7.92. The monoisotopic (exact) mass is 438 g/mol. The summed E-state index contributed by atoms with van der Waals surface area (Å²) in [6.45, 7) is 4.53. The minimum Gasteiger partial charge on any atom is -0.352 e. The van der Waals surface area contributed by atoms with E-state index in [2.05, 4.69) is 37.4 Å². The Bertz CT molecular complexity index is 994. The van der Waals surface area contributed by atoms with Gasteiger partial charge in [0.05, 0.1) is 11.9 Å². The fraction of sp³-hybridized carbons (Fsp3) is 0.409. The second-order valence-corrected chi connectivity index (χ2v) is 9.03. The molecule has 0 saturated carbocycles. The maximum absolute atomic E-state index is 13.5. The smallest absolute Gasteiger partial charge is 0.232 e. The number of hydrogen-bond donors (Lipinski definition) is 1. The predicted molar refractivity (Wildman–Crippen MR) is 115 cm³/mol. The first-order chi connectivity index (χ1) is 14.2. The molecular weight excluding hydrogens is 410 g/mol. The van der Waals surface area contributed by atoms with E-state index in [0.29, 0.717) is 6.54 Å². The van der Waals surface area contributed by atoms with Gasteiger partial charge in [0.1, 0.15) is 0 Å². The van der Waals surface area contributed by atoms with Crippen molar-refractivity contribution in [1.82, 2.24) is 5.32 Å². The van der Waals surface area contributed by atoms with Gasteiger partial charge in [0.15, 0.2) is 11.6 Å². The number of aryl methyl sites for hydroxylation is 2. The van der Waals surface area contributed by atoms with Crippen LogP contribution in [0.5, 0.6) is 0 Å². The molecule has 2 aromatic rings. The molecule has 0 atom stereocenters. The molecule has 0 unspecified atom stereocenters. The van der Waals surface area contributed by atoms with E-state index in [1.54, 1.807) is 0 Å². The molecule has 0 radical (unpaired) electrons.